The molecule has 1 aliphatic rings. The number of hydrogen-bond acceptors (Lipinski definition) is 3. The van der Waals surface area contributed by atoms with E-state index in [1.807, 2.05) is 30.3 Å². The molecular weight excluding hydrogens is 296 g/mol. The third kappa shape index (κ3) is 3.54. The van der Waals surface area contributed by atoms with Crippen molar-refractivity contribution in [2.75, 3.05) is 0 Å². The number of benzene rings is 1. The van der Waals surface area contributed by atoms with Gasteiger partial charge in [0.2, 0.25) is 10.0 Å². The molecule has 0 radical (unpaired) electrons. The van der Waals surface area contributed by atoms with Crippen molar-refractivity contribution >= 4 is 10.0 Å². The highest BCUT2D eigenvalue weighted by Crippen LogP contribution is 2.21. The van der Waals surface area contributed by atoms with E-state index in [4.69, 9.17) is 0 Å². The van der Waals surface area contributed by atoms with Gasteiger partial charge in [-0.1, -0.05) is 49.6 Å². The molecule has 1 heterocycles. The lowest BCUT2D eigenvalue weighted by molar-refractivity contribution is 0.412. The van der Waals surface area contributed by atoms with Crippen LogP contribution in [0.3, 0.4) is 0 Å². The van der Waals surface area contributed by atoms with Gasteiger partial charge >= 0.3 is 0 Å². The lowest BCUT2D eigenvalue weighted by atomic mass is 9.96. The van der Waals surface area contributed by atoms with Crippen molar-refractivity contribution in [3.8, 4) is 11.3 Å². The zero-order valence-electron chi connectivity index (χ0n) is 12.4. The summed E-state index contributed by atoms with van der Waals surface area (Å²) in [5.74, 6) is 0. The lowest BCUT2D eigenvalue weighted by Crippen LogP contribution is -2.36. The number of aromatic nitrogens is 1. The summed E-state index contributed by atoms with van der Waals surface area (Å²) in [6.45, 7) is 0. The van der Waals surface area contributed by atoms with E-state index in [0.717, 1.165) is 36.9 Å². The summed E-state index contributed by atoms with van der Waals surface area (Å²) in [7, 11) is -3.47. The topological polar surface area (TPSA) is 59.1 Å². The van der Waals surface area contributed by atoms with Crippen LogP contribution in [0.15, 0.2) is 53.6 Å². The molecule has 0 aliphatic heterocycles. The molecule has 0 saturated heterocycles. The van der Waals surface area contributed by atoms with E-state index < -0.39 is 10.0 Å². The predicted octanol–water partition coefficient (Wildman–Crippen LogP) is 3.36. The van der Waals surface area contributed by atoms with Crippen LogP contribution in [0.4, 0.5) is 0 Å². The summed E-state index contributed by atoms with van der Waals surface area (Å²) >= 11 is 0. The zero-order chi connectivity index (χ0) is 15.4. The standard InChI is InChI=1S/C17H20N2O2S/c20-22(21,19-15-9-5-2-6-10-15)16-11-12-17(18-13-16)14-7-3-1-4-8-14/h1,3-4,7-8,11-13,15,19H,2,5-6,9-10H2. The van der Waals surface area contributed by atoms with E-state index in [1.54, 1.807) is 12.1 Å². The normalized spacial score (nSPS) is 16.5. The van der Waals surface area contributed by atoms with Gasteiger partial charge in [-0.2, -0.15) is 0 Å². The van der Waals surface area contributed by atoms with Crippen LogP contribution in [0.25, 0.3) is 11.3 Å². The fraction of sp³-hybridized carbons (Fsp3) is 0.353. The van der Waals surface area contributed by atoms with Gasteiger partial charge in [-0.25, -0.2) is 13.1 Å². The van der Waals surface area contributed by atoms with E-state index >= 15 is 0 Å². The zero-order valence-corrected chi connectivity index (χ0v) is 13.2. The van der Waals surface area contributed by atoms with Gasteiger partial charge in [-0.3, -0.25) is 4.98 Å². The van der Waals surface area contributed by atoms with Crippen LogP contribution in [0.1, 0.15) is 32.1 Å². The Morgan fingerprint density at radius 2 is 1.68 bits per heavy atom. The molecule has 0 bridgehead atoms. The Morgan fingerprint density at radius 3 is 2.32 bits per heavy atom. The first-order valence-electron chi connectivity index (χ1n) is 7.69. The Hall–Kier alpha value is -1.72. The van der Waals surface area contributed by atoms with Crippen LogP contribution in [0, 0.1) is 0 Å². The molecule has 2 aromatic rings. The van der Waals surface area contributed by atoms with Crippen molar-refractivity contribution in [1.82, 2.24) is 9.71 Å². The van der Waals surface area contributed by atoms with Gasteiger partial charge < -0.3 is 0 Å². The number of nitrogens with zero attached hydrogens (tertiary/aromatic N) is 1. The first-order chi connectivity index (χ1) is 10.6. The molecule has 3 rings (SSSR count). The fourth-order valence-electron chi connectivity index (χ4n) is 2.83. The Balaban J connectivity index is 1.76. The summed E-state index contributed by atoms with van der Waals surface area (Å²) in [5, 5.41) is 0. The van der Waals surface area contributed by atoms with Crippen molar-refractivity contribution < 1.29 is 8.42 Å². The van der Waals surface area contributed by atoms with Crippen molar-refractivity contribution in [2.24, 2.45) is 0 Å². The molecule has 0 atom stereocenters. The molecule has 4 nitrogen and oxygen atoms in total. The Bertz CT molecular complexity index is 706. The SMILES string of the molecule is O=S(=O)(NC1CCCCC1)c1ccc(-c2ccccc2)nc1. The quantitative estimate of drug-likeness (QED) is 0.941. The molecule has 1 aromatic carbocycles. The van der Waals surface area contributed by atoms with Crippen molar-refractivity contribution in [3.63, 3.8) is 0 Å². The molecule has 0 amide bonds. The Kier molecular flexibility index (Phi) is 4.55. The maximum absolute atomic E-state index is 12.4. The average molecular weight is 316 g/mol. The largest absolute Gasteiger partial charge is 0.255 e. The molecule has 0 unspecified atom stereocenters. The van der Waals surface area contributed by atoms with Crippen molar-refractivity contribution in [1.29, 1.82) is 0 Å². The van der Waals surface area contributed by atoms with Gasteiger partial charge in [0.25, 0.3) is 0 Å². The first kappa shape index (κ1) is 15.2. The fourth-order valence-corrected chi connectivity index (χ4v) is 4.08. The number of hydrogen-bond donors (Lipinski definition) is 1. The molecule has 1 N–H and O–H groups in total. The summed E-state index contributed by atoms with van der Waals surface area (Å²) in [6.07, 6.45) is 6.68. The minimum absolute atomic E-state index is 0.0625. The first-order valence-corrected chi connectivity index (χ1v) is 9.17. The number of rotatable bonds is 4. The minimum Gasteiger partial charge on any atom is -0.255 e. The predicted molar refractivity (Wildman–Crippen MR) is 86.9 cm³/mol. The second-order valence-corrected chi connectivity index (χ2v) is 7.42. The van der Waals surface area contributed by atoms with Crippen LogP contribution in [0.2, 0.25) is 0 Å². The van der Waals surface area contributed by atoms with Crippen molar-refractivity contribution in [3.05, 3.63) is 48.7 Å². The van der Waals surface area contributed by atoms with Gasteiger partial charge in [0.1, 0.15) is 4.90 Å². The summed E-state index contributed by atoms with van der Waals surface area (Å²) in [5.41, 5.74) is 1.75. The molecule has 1 aliphatic carbocycles. The van der Waals surface area contributed by atoms with E-state index in [9.17, 15) is 8.42 Å². The average Bonchev–Trinajstić information content (AvgIpc) is 2.56. The highest BCUT2D eigenvalue weighted by atomic mass is 32.2. The number of sulfonamides is 1. The monoisotopic (exact) mass is 316 g/mol. The molecule has 1 aromatic heterocycles. The smallest absolute Gasteiger partial charge is 0.242 e. The van der Waals surface area contributed by atoms with Gasteiger partial charge in [-0.15, -0.1) is 0 Å². The molecule has 0 spiro atoms. The van der Waals surface area contributed by atoms with Gasteiger partial charge in [0.15, 0.2) is 0 Å². The maximum Gasteiger partial charge on any atom is 0.242 e. The molecule has 22 heavy (non-hydrogen) atoms. The third-order valence-electron chi connectivity index (χ3n) is 4.04. The van der Waals surface area contributed by atoms with E-state index in [1.165, 1.54) is 12.6 Å². The van der Waals surface area contributed by atoms with E-state index in [2.05, 4.69) is 9.71 Å². The molecule has 1 fully saturated rings. The Labute approximate surface area is 131 Å². The summed E-state index contributed by atoms with van der Waals surface area (Å²) < 4.78 is 27.6. The van der Waals surface area contributed by atoms with Gasteiger partial charge in [-0.05, 0) is 25.0 Å². The number of pyridine rings is 1. The maximum atomic E-state index is 12.4. The number of nitrogens with one attached hydrogen (secondary N) is 1. The van der Waals surface area contributed by atoms with Crippen LogP contribution < -0.4 is 4.72 Å². The van der Waals surface area contributed by atoms with Crippen LogP contribution in [-0.4, -0.2) is 19.4 Å². The third-order valence-corrected chi connectivity index (χ3v) is 5.55. The van der Waals surface area contributed by atoms with Gasteiger partial charge in [0, 0.05) is 17.8 Å². The molecular formula is C17H20N2O2S. The van der Waals surface area contributed by atoms with Crippen LogP contribution in [-0.2, 0) is 10.0 Å². The van der Waals surface area contributed by atoms with Gasteiger partial charge in [0.05, 0.1) is 5.69 Å². The molecule has 1 saturated carbocycles. The van der Waals surface area contributed by atoms with E-state index in [-0.39, 0.29) is 10.9 Å². The Morgan fingerprint density at radius 1 is 0.955 bits per heavy atom. The van der Waals surface area contributed by atoms with Crippen LogP contribution in [0.5, 0.6) is 0 Å². The second kappa shape index (κ2) is 6.58. The van der Waals surface area contributed by atoms with E-state index in [0.29, 0.717) is 0 Å². The second-order valence-electron chi connectivity index (χ2n) is 5.70. The highest BCUT2D eigenvalue weighted by Gasteiger charge is 2.22. The summed E-state index contributed by atoms with van der Waals surface area (Å²) in [6, 6.07) is 13.2. The highest BCUT2D eigenvalue weighted by molar-refractivity contribution is 7.89. The van der Waals surface area contributed by atoms with Crippen molar-refractivity contribution in [2.45, 2.75) is 43.0 Å². The molecule has 116 valence electrons. The minimum atomic E-state index is -3.47. The lowest BCUT2D eigenvalue weighted by Gasteiger charge is -2.22. The van der Waals surface area contributed by atoms with Crippen LogP contribution >= 0.6 is 0 Å². The summed E-state index contributed by atoms with van der Waals surface area (Å²) in [4.78, 5) is 4.52. The molecule has 5 heteroatoms.